The predicted molar refractivity (Wildman–Crippen MR) is 184 cm³/mol. The van der Waals surface area contributed by atoms with Crippen molar-refractivity contribution in [1.82, 2.24) is 10.0 Å². The van der Waals surface area contributed by atoms with E-state index < -0.39 is 40.9 Å². The fourth-order valence-corrected chi connectivity index (χ4v) is 7.36. The smallest absolute Gasteiger partial charge is 0.343 e. The van der Waals surface area contributed by atoms with Crippen molar-refractivity contribution in [3.05, 3.63) is 133 Å². The molecule has 0 spiro atoms. The van der Waals surface area contributed by atoms with Gasteiger partial charge in [-0.25, -0.2) is 9.80 Å². The van der Waals surface area contributed by atoms with Crippen LogP contribution >= 0.6 is 86.9 Å². The van der Waals surface area contributed by atoms with Crippen LogP contribution < -0.4 is 4.74 Å². The van der Waals surface area contributed by atoms with Crippen LogP contribution in [0.1, 0.15) is 51.8 Å². The van der Waals surface area contributed by atoms with Crippen LogP contribution in [-0.4, -0.2) is 51.0 Å². The van der Waals surface area contributed by atoms with E-state index in [2.05, 4.69) is 63.7 Å². The maximum absolute atomic E-state index is 13.9. The van der Waals surface area contributed by atoms with Crippen molar-refractivity contribution in [2.45, 2.75) is 0 Å². The maximum atomic E-state index is 13.9. The van der Waals surface area contributed by atoms with Gasteiger partial charge in [-0.1, -0.05) is 23.2 Å². The fourth-order valence-electron chi connectivity index (χ4n) is 4.41. The molecule has 0 saturated carbocycles. The first-order valence-electron chi connectivity index (χ1n) is 12.8. The molecule has 3 amide bonds. The summed E-state index contributed by atoms with van der Waals surface area (Å²) in [6.07, 6.45) is 0. The van der Waals surface area contributed by atoms with Crippen LogP contribution in [0.5, 0.6) is 5.75 Å². The average molecular weight is 934 g/mol. The summed E-state index contributed by atoms with van der Waals surface area (Å²) in [5.41, 5.74) is -0.326. The molecule has 0 fully saturated rings. The maximum Gasteiger partial charge on any atom is 0.343 e. The summed E-state index contributed by atoms with van der Waals surface area (Å²) in [6.45, 7) is -0.775. The molecule has 5 rings (SSSR count). The van der Waals surface area contributed by atoms with Crippen molar-refractivity contribution < 1.29 is 33.6 Å². The van der Waals surface area contributed by atoms with E-state index in [0.29, 0.717) is 19.0 Å². The van der Waals surface area contributed by atoms with E-state index in [1.807, 2.05) is 0 Å². The van der Waals surface area contributed by atoms with E-state index in [-0.39, 0.29) is 58.2 Å². The molecule has 47 heavy (non-hydrogen) atoms. The molecule has 238 valence electrons. The number of rotatable bonds is 8. The van der Waals surface area contributed by atoms with E-state index in [4.69, 9.17) is 27.9 Å². The SMILES string of the molecule is O=C(CN(C(=O)c1ccc(Cl)cc1Cl)N1C(=O)c2c(Br)c(Br)c(Br)c(Br)c2C1=O)c1ccc(OC(=O)c2ccc([N+](=O)[O-])cc2)cc1. The Kier molecular flexibility index (Phi) is 10.3. The van der Waals surface area contributed by atoms with Crippen molar-refractivity contribution in [2.24, 2.45) is 0 Å². The molecule has 0 atom stereocenters. The number of non-ortho nitro benzene ring substituents is 1. The number of carbonyl (C=O) groups is 5. The molecule has 4 aromatic rings. The number of ether oxygens (including phenoxy) is 1. The zero-order chi connectivity index (χ0) is 34.3. The van der Waals surface area contributed by atoms with E-state index in [1.165, 1.54) is 54.6 Å². The van der Waals surface area contributed by atoms with Crippen LogP contribution in [0.4, 0.5) is 5.69 Å². The van der Waals surface area contributed by atoms with Crippen LogP contribution in [0.3, 0.4) is 0 Å². The fraction of sp³-hybridized carbons (Fsp3) is 0.0333. The molecule has 1 aliphatic rings. The Labute approximate surface area is 308 Å². The number of benzene rings is 4. The number of amides is 3. The minimum atomic E-state index is -0.937. The summed E-state index contributed by atoms with van der Waals surface area (Å²) in [7, 11) is 0. The molecule has 0 unspecified atom stereocenters. The molecule has 0 aliphatic carbocycles. The molecular weight excluding hydrogens is 921 g/mol. The van der Waals surface area contributed by atoms with Crippen molar-refractivity contribution in [1.29, 1.82) is 0 Å². The monoisotopic (exact) mass is 929 g/mol. The van der Waals surface area contributed by atoms with Crippen molar-refractivity contribution in [2.75, 3.05) is 6.54 Å². The number of Topliss-reactive ketones (excluding diaryl/α,β-unsaturated/α-hetero) is 1. The number of fused-ring (bicyclic) bond motifs is 1. The third-order valence-electron chi connectivity index (χ3n) is 6.71. The Balaban J connectivity index is 1.44. The van der Waals surface area contributed by atoms with Crippen LogP contribution in [0, 0.1) is 10.1 Å². The van der Waals surface area contributed by atoms with Gasteiger partial charge < -0.3 is 4.74 Å². The van der Waals surface area contributed by atoms with Gasteiger partial charge in [-0.2, -0.15) is 5.01 Å². The first kappa shape index (κ1) is 34.9. The topological polar surface area (TPSA) is 144 Å². The minimum Gasteiger partial charge on any atom is -0.423 e. The van der Waals surface area contributed by atoms with E-state index >= 15 is 0 Å². The van der Waals surface area contributed by atoms with E-state index in [9.17, 15) is 34.1 Å². The molecular formula is C30H13Br4Cl2N3O8. The van der Waals surface area contributed by atoms with Crippen molar-refractivity contribution >= 4 is 122 Å². The molecule has 0 radical (unpaired) electrons. The summed E-state index contributed by atoms with van der Waals surface area (Å²) >= 11 is 25.7. The van der Waals surface area contributed by atoms with Gasteiger partial charge in [-0.3, -0.25) is 29.3 Å². The number of nitrogens with zero attached hydrogens (tertiary/aromatic N) is 3. The number of hydrogen-bond acceptors (Lipinski definition) is 8. The molecule has 0 bridgehead atoms. The number of hydrazine groups is 1. The molecule has 0 N–H and O–H groups in total. The third-order valence-corrected chi connectivity index (χ3v) is 12.0. The Morgan fingerprint density at radius 1 is 0.787 bits per heavy atom. The normalized spacial score (nSPS) is 12.2. The largest absolute Gasteiger partial charge is 0.423 e. The first-order chi connectivity index (χ1) is 22.2. The zero-order valence-corrected chi connectivity index (χ0v) is 30.8. The first-order valence-corrected chi connectivity index (χ1v) is 16.8. The quantitative estimate of drug-likeness (QED) is 0.0250. The molecule has 11 nitrogen and oxygen atoms in total. The molecule has 1 heterocycles. The van der Waals surface area contributed by atoms with Crippen molar-refractivity contribution in [3.63, 3.8) is 0 Å². The predicted octanol–water partition coefficient (Wildman–Crippen LogP) is 8.71. The van der Waals surface area contributed by atoms with Gasteiger partial charge in [0, 0.05) is 40.6 Å². The van der Waals surface area contributed by atoms with Crippen LogP contribution in [0.25, 0.3) is 0 Å². The number of esters is 1. The van der Waals surface area contributed by atoms with Crippen LogP contribution in [-0.2, 0) is 0 Å². The lowest BCUT2D eigenvalue weighted by atomic mass is 10.1. The lowest BCUT2D eigenvalue weighted by Gasteiger charge is -2.29. The van der Waals surface area contributed by atoms with Gasteiger partial charge in [0.05, 0.1) is 32.2 Å². The Bertz CT molecular complexity index is 2000. The van der Waals surface area contributed by atoms with Gasteiger partial charge in [0.15, 0.2) is 5.78 Å². The Morgan fingerprint density at radius 3 is 1.83 bits per heavy atom. The number of hydrogen-bond donors (Lipinski definition) is 0. The summed E-state index contributed by atoms with van der Waals surface area (Å²) in [4.78, 5) is 77.8. The average Bonchev–Trinajstić information content (AvgIpc) is 3.30. The number of imide groups is 1. The number of carbonyl (C=O) groups excluding carboxylic acids is 5. The van der Waals surface area contributed by atoms with Gasteiger partial charge in [0.25, 0.3) is 23.4 Å². The molecule has 1 aliphatic heterocycles. The van der Waals surface area contributed by atoms with Gasteiger partial charge in [-0.05, 0) is 118 Å². The highest BCUT2D eigenvalue weighted by Gasteiger charge is 2.46. The highest BCUT2D eigenvalue weighted by molar-refractivity contribution is 9.15. The number of ketones is 1. The second kappa shape index (κ2) is 13.9. The molecule has 4 aromatic carbocycles. The summed E-state index contributed by atoms with van der Waals surface area (Å²) in [5.74, 6) is -4.13. The molecule has 0 saturated heterocycles. The molecule has 0 aromatic heterocycles. The summed E-state index contributed by atoms with van der Waals surface area (Å²) in [6, 6.07) is 14.1. The lowest BCUT2D eigenvalue weighted by molar-refractivity contribution is -0.384. The Hall–Kier alpha value is -3.47. The third kappa shape index (κ3) is 6.78. The lowest BCUT2D eigenvalue weighted by Crippen LogP contribution is -2.51. The van der Waals surface area contributed by atoms with Crippen LogP contribution in [0.15, 0.2) is 84.6 Å². The summed E-state index contributed by atoms with van der Waals surface area (Å²) in [5, 5.41) is 12.3. The second-order valence-electron chi connectivity index (χ2n) is 9.56. The van der Waals surface area contributed by atoms with E-state index in [1.54, 1.807) is 0 Å². The second-order valence-corrected chi connectivity index (χ2v) is 13.6. The zero-order valence-electron chi connectivity index (χ0n) is 22.9. The van der Waals surface area contributed by atoms with Gasteiger partial charge in [0.1, 0.15) is 12.3 Å². The highest BCUT2D eigenvalue weighted by atomic mass is 79.9. The number of halogens is 6. The van der Waals surface area contributed by atoms with Crippen molar-refractivity contribution in [3.8, 4) is 5.75 Å². The Morgan fingerprint density at radius 2 is 1.32 bits per heavy atom. The van der Waals surface area contributed by atoms with Gasteiger partial charge in [0.2, 0.25) is 0 Å². The highest BCUT2D eigenvalue weighted by Crippen LogP contribution is 2.45. The standard InChI is InChI=1S/C30H13Br4Cl2N3O8/c31-23-21-22(24(32)26(34)25(23)33)29(43)38(28(21)42)37(27(41)18-10-5-15(35)11-19(18)36)12-20(40)13-3-8-17(9-4-13)47-30(44)14-1-6-16(7-2-14)39(45)46/h1-11H,12H2. The number of nitro groups is 1. The van der Waals surface area contributed by atoms with Gasteiger partial charge in [-0.15, -0.1) is 0 Å². The van der Waals surface area contributed by atoms with E-state index in [0.717, 1.165) is 12.1 Å². The summed E-state index contributed by atoms with van der Waals surface area (Å²) < 4.78 is 6.63. The van der Waals surface area contributed by atoms with Gasteiger partial charge >= 0.3 is 5.97 Å². The van der Waals surface area contributed by atoms with Crippen LogP contribution in [0.2, 0.25) is 10.0 Å². The minimum absolute atomic E-state index is 0.0459. The molecule has 17 heteroatoms. The number of nitro benzene ring substituents is 1.